The molecule has 0 aliphatic carbocycles. The lowest BCUT2D eigenvalue weighted by atomic mass is 9.95. The molecule has 1 unspecified atom stereocenters. The van der Waals surface area contributed by atoms with Crippen LogP contribution in [0.1, 0.15) is 37.6 Å². The fourth-order valence-corrected chi connectivity index (χ4v) is 3.57. The molecule has 2 heterocycles. The topological polar surface area (TPSA) is 92.8 Å². The first kappa shape index (κ1) is 23.5. The number of hydrogen-bond acceptors (Lipinski definition) is 6. The number of carbonyl (C=O) groups excluding carboxylic acids is 2. The summed E-state index contributed by atoms with van der Waals surface area (Å²) in [5.74, 6) is 1.74. The molecule has 8 nitrogen and oxygen atoms in total. The fraction of sp³-hybridized carbons (Fsp3) is 0.458. The standard InChI is InChI=1S/C24H32N4O4/c1-16(2)24(18-9-10-19-20(13-18)32-12-6-11-31-19)27-23(30)15-28(4)14-22(29)26-21-8-5-7-17(3)25-21/h5,7-10,13,16,24H,6,11-12,14-15H2,1-4H3,(H,27,30)(H,25,26,29). The Morgan fingerprint density at radius 1 is 1.06 bits per heavy atom. The molecule has 2 aromatic rings. The van der Waals surface area contributed by atoms with Gasteiger partial charge in [-0.05, 0) is 49.7 Å². The molecular weight excluding hydrogens is 408 g/mol. The Kier molecular flexibility index (Phi) is 8.05. The number of anilines is 1. The van der Waals surface area contributed by atoms with Crippen molar-refractivity contribution in [1.29, 1.82) is 0 Å². The van der Waals surface area contributed by atoms with Crippen LogP contribution in [0.25, 0.3) is 0 Å². The molecule has 3 rings (SSSR count). The molecule has 1 aliphatic heterocycles. The summed E-state index contributed by atoms with van der Waals surface area (Å²) in [7, 11) is 1.74. The van der Waals surface area contributed by atoms with E-state index in [4.69, 9.17) is 9.47 Å². The van der Waals surface area contributed by atoms with Gasteiger partial charge in [0.15, 0.2) is 11.5 Å². The number of benzene rings is 1. The van der Waals surface area contributed by atoms with Crippen LogP contribution in [0.4, 0.5) is 5.82 Å². The molecule has 1 aliphatic rings. The van der Waals surface area contributed by atoms with Crippen molar-refractivity contribution in [2.75, 3.05) is 38.7 Å². The minimum Gasteiger partial charge on any atom is -0.490 e. The van der Waals surface area contributed by atoms with Gasteiger partial charge in [0.25, 0.3) is 0 Å². The Labute approximate surface area is 189 Å². The highest BCUT2D eigenvalue weighted by Crippen LogP contribution is 2.34. The Morgan fingerprint density at radius 2 is 1.78 bits per heavy atom. The average molecular weight is 441 g/mol. The summed E-state index contributed by atoms with van der Waals surface area (Å²) in [4.78, 5) is 30.9. The first-order valence-corrected chi connectivity index (χ1v) is 10.9. The molecule has 32 heavy (non-hydrogen) atoms. The molecule has 0 radical (unpaired) electrons. The van der Waals surface area contributed by atoms with Crippen LogP contribution in [0, 0.1) is 12.8 Å². The summed E-state index contributed by atoms with van der Waals surface area (Å²) in [5.41, 5.74) is 1.79. The Balaban J connectivity index is 1.56. The highest BCUT2D eigenvalue weighted by Gasteiger charge is 2.22. The fourth-order valence-electron chi connectivity index (χ4n) is 3.57. The number of hydrogen-bond donors (Lipinski definition) is 2. The first-order valence-electron chi connectivity index (χ1n) is 10.9. The smallest absolute Gasteiger partial charge is 0.239 e. The minimum atomic E-state index is -0.221. The predicted octanol–water partition coefficient (Wildman–Crippen LogP) is 2.94. The monoisotopic (exact) mass is 440 g/mol. The van der Waals surface area contributed by atoms with Crippen LogP contribution in [0.3, 0.4) is 0 Å². The quantitative estimate of drug-likeness (QED) is 0.656. The molecule has 0 bridgehead atoms. The first-order chi connectivity index (χ1) is 15.3. The number of pyridine rings is 1. The van der Waals surface area contributed by atoms with Gasteiger partial charge in [0.05, 0.1) is 32.3 Å². The largest absolute Gasteiger partial charge is 0.490 e. The van der Waals surface area contributed by atoms with E-state index in [1.807, 2.05) is 37.3 Å². The van der Waals surface area contributed by atoms with Gasteiger partial charge >= 0.3 is 0 Å². The third-order valence-electron chi connectivity index (χ3n) is 5.10. The number of aryl methyl sites for hydroxylation is 1. The van der Waals surface area contributed by atoms with Gasteiger partial charge in [0.1, 0.15) is 5.82 Å². The zero-order valence-electron chi connectivity index (χ0n) is 19.2. The number of amides is 2. The summed E-state index contributed by atoms with van der Waals surface area (Å²) in [5, 5.41) is 5.85. The second-order valence-corrected chi connectivity index (χ2v) is 8.43. The van der Waals surface area contributed by atoms with Crippen LogP contribution in [0.15, 0.2) is 36.4 Å². The van der Waals surface area contributed by atoms with Gasteiger partial charge in [-0.3, -0.25) is 14.5 Å². The SMILES string of the molecule is Cc1cccc(NC(=O)CN(C)CC(=O)NC(c2ccc3c(c2)OCCCO3)C(C)C)n1. The lowest BCUT2D eigenvalue weighted by Crippen LogP contribution is -2.41. The number of likely N-dealkylation sites (N-methyl/N-ethyl adjacent to an activating group) is 1. The molecule has 0 fully saturated rings. The number of carbonyl (C=O) groups is 2. The number of ether oxygens (including phenoxy) is 2. The van der Waals surface area contributed by atoms with E-state index in [-0.39, 0.29) is 36.9 Å². The van der Waals surface area contributed by atoms with E-state index in [1.165, 1.54) is 0 Å². The van der Waals surface area contributed by atoms with E-state index < -0.39 is 0 Å². The molecule has 0 saturated carbocycles. The van der Waals surface area contributed by atoms with Crippen molar-refractivity contribution in [3.05, 3.63) is 47.7 Å². The number of rotatable bonds is 8. The van der Waals surface area contributed by atoms with Crippen molar-refractivity contribution in [2.45, 2.75) is 33.2 Å². The molecule has 1 aromatic carbocycles. The molecule has 8 heteroatoms. The predicted molar refractivity (Wildman–Crippen MR) is 123 cm³/mol. The third-order valence-corrected chi connectivity index (χ3v) is 5.10. The van der Waals surface area contributed by atoms with E-state index in [0.29, 0.717) is 24.8 Å². The maximum Gasteiger partial charge on any atom is 0.239 e. The summed E-state index contributed by atoms with van der Waals surface area (Å²) < 4.78 is 11.5. The average Bonchev–Trinajstić information content (AvgIpc) is 2.96. The lowest BCUT2D eigenvalue weighted by molar-refractivity contribution is -0.123. The second kappa shape index (κ2) is 10.9. The minimum absolute atomic E-state index is 0.0827. The van der Waals surface area contributed by atoms with Gasteiger partial charge < -0.3 is 20.1 Å². The van der Waals surface area contributed by atoms with E-state index in [9.17, 15) is 9.59 Å². The molecule has 0 saturated heterocycles. The maximum absolute atomic E-state index is 12.7. The molecule has 2 N–H and O–H groups in total. The van der Waals surface area contributed by atoms with Crippen molar-refractivity contribution in [2.24, 2.45) is 5.92 Å². The van der Waals surface area contributed by atoms with Crippen molar-refractivity contribution < 1.29 is 19.1 Å². The maximum atomic E-state index is 12.7. The van der Waals surface area contributed by atoms with E-state index in [2.05, 4.69) is 29.5 Å². The van der Waals surface area contributed by atoms with Gasteiger partial charge in [-0.15, -0.1) is 0 Å². The molecule has 172 valence electrons. The van der Waals surface area contributed by atoms with Crippen LogP contribution in [0.2, 0.25) is 0 Å². The van der Waals surface area contributed by atoms with Crippen LogP contribution in [0.5, 0.6) is 11.5 Å². The van der Waals surface area contributed by atoms with Crippen LogP contribution in [-0.4, -0.2) is 55.0 Å². The zero-order valence-corrected chi connectivity index (χ0v) is 19.2. The van der Waals surface area contributed by atoms with Crippen molar-refractivity contribution in [3.63, 3.8) is 0 Å². The van der Waals surface area contributed by atoms with E-state index in [1.54, 1.807) is 18.0 Å². The highest BCUT2D eigenvalue weighted by molar-refractivity contribution is 5.91. The van der Waals surface area contributed by atoms with Gasteiger partial charge in [0.2, 0.25) is 11.8 Å². The molecular formula is C24H32N4O4. The van der Waals surface area contributed by atoms with E-state index >= 15 is 0 Å². The lowest BCUT2D eigenvalue weighted by Gasteiger charge is -2.25. The van der Waals surface area contributed by atoms with Crippen molar-refractivity contribution in [3.8, 4) is 11.5 Å². The number of fused-ring (bicyclic) bond motifs is 1. The van der Waals surface area contributed by atoms with E-state index in [0.717, 1.165) is 23.4 Å². The molecule has 2 amide bonds. The number of nitrogens with one attached hydrogen (secondary N) is 2. The van der Waals surface area contributed by atoms with Crippen LogP contribution >= 0.6 is 0 Å². The number of aromatic nitrogens is 1. The summed E-state index contributed by atoms with van der Waals surface area (Å²) in [6.45, 7) is 7.40. The molecule has 0 spiro atoms. The molecule has 1 aromatic heterocycles. The second-order valence-electron chi connectivity index (χ2n) is 8.43. The van der Waals surface area contributed by atoms with Gasteiger partial charge in [-0.2, -0.15) is 0 Å². The summed E-state index contributed by atoms with van der Waals surface area (Å²) >= 11 is 0. The van der Waals surface area contributed by atoms with Gasteiger partial charge in [-0.25, -0.2) is 4.98 Å². The van der Waals surface area contributed by atoms with Crippen molar-refractivity contribution >= 4 is 17.6 Å². The van der Waals surface area contributed by atoms with Gasteiger partial charge in [-0.1, -0.05) is 26.0 Å². The van der Waals surface area contributed by atoms with Crippen LogP contribution in [-0.2, 0) is 9.59 Å². The number of nitrogens with zero attached hydrogens (tertiary/aromatic N) is 2. The zero-order chi connectivity index (χ0) is 23.1. The van der Waals surface area contributed by atoms with Crippen LogP contribution < -0.4 is 20.1 Å². The molecule has 1 atom stereocenters. The van der Waals surface area contributed by atoms with Gasteiger partial charge in [0, 0.05) is 12.1 Å². The Morgan fingerprint density at radius 3 is 2.50 bits per heavy atom. The third kappa shape index (κ3) is 6.68. The highest BCUT2D eigenvalue weighted by atomic mass is 16.5. The summed E-state index contributed by atoms with van der Waals surface area (Å²) in [6, 6.07) is 11.1. The van der Waals surface area contributed by atoms with Crippen molar-refractivity contribution in [1.82, 2.24) is 15.2 Å². The summed E-state index contributed by atoms with van der Waals surface area (Å²) in [6.07, 6.45) is 0.841. The normalized spacial score (nSPS) is 14.1. The Bertz CT molecular complexity index is 947. The Hall–Kier alpha value is -3.13.